The molecule has 116 valence electrons. The molecule has 0 aliphatic rings. The number of aromatic carboxylic acids is 1. The predicted molar refractivity (Wildman–Crippen MR) is 82.0 cm³/mol. The Bertz CT molecular complexity index is 759. The van der Waals surface area contributed by atoms with E-state index in [1.165, 1.54) is 30.6 Å². The molecule has 8 heteroatoms. The number of rotatable bonds is 4. The number of anilines is 1. The molecule has 2 rings (SSSR count). The van der Waals surface area contributed by atoms with Crippen molar-refractivity contribution in [3.05, 3.63) is 59.9 Å². The maximum Gasteiger partial charge on any atom is 0.337 e. The molecule has 2 amide bonds. The quantitative estimate of drug-likeness (QED) is 0.439. The van der Waals surface area contributed by atoms with Crippen molar-refractivity contribution in [2.45, 2.75) is 0 Å². The van der Waals surface area contributed by atoms with Crippen LogP contribution in [0.5, 0.6) is 0 Å². The number of nitrogens with zero attached hydrogens (tertiary/aromatic N) is 2. The lowest BCUT2D eigenvalue weighted by Crippen LogP contribution is -2.32. The van der Waals surface area contributed by atoms with Gasteiger partial charge >= 0.3 is 17.8 Å². The smallest absolute Gasteiger partial charge is 0.337 e. The second kappa shape index (κ2) is 7.46. The van der Waals surface area contributed by atoms with Gasteiger partial charge in [-0.15, -0.1) is 0 Å². The summed E-state index contributed by atoms with van der Waals surface area (Å²) in [5, 5.41) is 14.8. The minimum absolute atomic E-state index is 0.0244. The lowest BCUT2D eigenvalue weighted by Gasteiger charge is -2.06. The van der Waals surface area contributed by atoms with E-state index >= 15 is 0 Å². The number of hydrogen-bond donors (Lipinski definition) is 3. The van der Waals surface area contributed by atoms with E-state index in [0.29, 0.717) is 5.56 Å². The van der Waals surface area contributed by atoms with Crippen LogP contribution in [-0.2, 0) is 9.59 Å². The van der Waals surface area contributed by atoms with Crippen LogP contribution in [0.4, 0.5) is 5.69 Å². The molecule has 1 aromatic carbocycles. The summed E-state index contributed by atoms with van der Waals surface area (Å²) in [6.45, 7) is 0. The molecule has 23 heavy (non-hydrogen) atoms. The van der Waals surface area contributed by atoms with Gasteiger partial charge in [-0.2, -0.15) is 5.10 Å². The molecule has 0 aliphatic carbocycles. The van der Waals surface area contributed by atoms with Gasteiger partial charge in [0.1, 0.15) is 0 Å². The van der Waals surface area contributed by atoms with E-state index in [-0.39, 0.29) is 11.3 Å². The Hall–Kier alpha value is -3.55. The Labute approximate surface area is 130 Å². The van der Waals surface area contributed by atoms with E-state index < -0.39 is 17.8 Å². The van der Waals surface area contributed by atoms with Crippen LogP contribution in [-0.4, -0.2) is 34.1 Å². The number of pyridine rings is 1. The Morgan fingerprint density at radius 2 is 1.87 bits per heavy atom. The molecule has 0 saturated heterocycles. The normalized spacial score (nSPS) is 10.3. The highest BCUT2D eigenvalue weighted by Gasteiger charge is 2.16. The topological polar surface area (TPSA) is 121 Å². The molecule has 0 bridgehead atoms. The first kappa shape index (κ1) is 15.8. The summed E-state index contributed by atoms with van der Waals surface area (Å²) in [4.78, 5) is 38.2. The Morgan fingerprint density at radius 3 is 2.57 bits per heavy atom. The molecule has 0 fully saturated rings. The van der Waals surface area contributed by atoms with E-state index in [4.69, 9.17) is 5.11 Å². The van der Waals surface area contributed by atoms with E-state index in [0.717, 1.165) is 0 Å². The molecule has 0 unspecified atom stereocenters. The number of carbonyl (C=O) groups is 3. The summed E-state index contributed by atoms with van der Waals surface area (Å²) in [6.07, 6.45) is 4.44. The average Bonchev–Trinajstić information content (AvgIpc) is 2.56. The molecule has 0 saturated carbocycles. The zero-order valence-corrected chi connectivity index (χ0v) is 11.8. The van der Waals surface area contributed by atoms with Gasteiger partial charge in [-0.05, 0) is 18.2 Å². The van der Waals surface area contributed by atoms with Crippen molar-refractivity contribution in [3.8, 4) is 0 Å². The zero-order chi connectivity index (χ0) is 16.7. The first-order valence-corrected chi connectivity index (χ1v) is 6.44. The highest BCUT2D eigenvalue weighted by Crippen LogP contribution is 2.14. The molecule has 8 nitrogen and oxygen atoms in total. The number of carbonyl (C=O) groups excluding carboxylic acids is 2. The summed E-state index contributed by atoms with van der Waals surface area (Å²) >= 11 is 0. The molecule has 0 aliphatic heterocycles. The minimum Gasteiger partial charge on any atom is -0.478 e. The highest BCUT2D eigenvalue weighted by atomic mass is 16.4. The van der Waals surface area contributed by atoms with Crippen molar-refractivity contribution in [2.75, 3.05) is 5.32 Å². The minimum atomic E-state index is -1.21. The van der Waals surface area contributed by atoms with Crippen molar-refractivity contribution >= 4 is 29.7 Å². The predicted octanol–water partition coefficient (Wildman–Crippen LogP) is 0.869. The van der Waals surface area contributed by atoms with Gasteiger partial charge in [0, 0.05) is 18.0 Å². The number of nitrogens with one attached hydrogen (secondary N) is 2. The van der Waals surface area contributed by atoms with Crippen LogP contribution < -0.4 is 10.7 Å². The molecule has 2 aromatic rings. The van der Waals surface area contributed by atoms with Gasteiger partial charge < -0.3 is 10.4 Å². The van der Waals surface area contributed by atoms with Gasteiger partial charge in [0.25, 0.3) is 0 Å². The lowest BCUT2D eigenvalue weighted by atomic mass is 10.2. The van der Waals surface area contributed by atoms with Crippen LogP contribution in [0.3, 0.4) is 0 Å². The van der Waals surface area contributed by atoms with Gasteiger partial charge in [-0.25, -0.2) is 10.2 Å². The second-order valence-corrected chi connectivity index (χ2v) is 4.29. The number of hydrogen-bond acceptors (Lipinski definition) is 5. The third kappa shape index (κ3) is 4.46. The lowest BCUT2D eigenvalue weighted by molar-refractivity contribution is -0.136. The van der Waals surface area contributed by atoms with Gasteiger partial charge in [-0.3, -0.25) is 14.6 Å². The number of amides is 2. The van der Waals surface area contributed by atoms with E-state index in [9.17, 15) is 14.4 Å². The first-order chi connectivity index (χ1) is 11.1. The maximum atomic E-state index is 11.7. The molecule has 0 radical (unpaired) electrons. The fourth-order valence-corrected chi connectivity index (χ4v) is 1.63. The number of hydrazone groups is 1. The Balaban J connectivity index is 1.97. The zero-order valence-electron chi connectivity index (χ0n) is 11.8. The molecular weight excluding hydrogens is 300 g/mol. The SMILES string of the molecule is O=C(NN=Cc1cccnc1)C(=O)Nc1ccccc1C(=O)O. The summed E-state index contributed by atoms with van der Waals surface area (Å²) in [5.41, 5.74) is 2.59. The van der Waals surface area contributed by atoms with E-state index in [1.54, 1.807) is 24.4 Å². The largest absolute Gasteiger partial charge is 0.478 e. The van der Waals surface area contributed by atoms with Crippen LogP contribution in [0.1, 0.15) is 15.9 Å². The van der Waals surface area contributed by atoms with Crippen LogP contribution in [0.2, 0.25) is 0 Å². The van der Waals surface area contributed by atoms with E-state index in [1.807, 2.05) is 5.43 Å². The fourth-order valence-electron chi connectivity index (χ4n) is 1.63. The van der Waals surface area contributed by atoms with Crippen LogP contribution in [0.25, 0.3) is 0 Å². The van der Waals surface area contributed by atoms with Crippen molar-refractivity contribution in [1.29, 1.82) is 0 Å². The monoisotopic (exact) mass is 312 g/mol. The maximum absolute atomic E-state index is 11.7. The summed E-state index contributed by atoms with van der Waals surface area (Å²) in [6, 6.07) is 9.16. The van der Waals surface area contributed by atoms with Gasteiger partial charge in [-0.1, -0.05) is 18.2 Å². The standard InChI is InChI=1S/C15H12N4O4/c20-13(18-12-6-2-1-5-11(12)15(22)23)14(21)19-17-9-10-4-3-7-16-8-10/h1-9H,(H,18,20)(H,19,21)(H,22,23). The number of para-hydroxylation sites is 1. The van der Waals surface area contributed by atoms with Crippen molar-refractivity contribution < 1.29 is 19.5 Å². The van der Waals surface area contributed by atoms with Gasteiger partial charge in [0.2, 0.25) is 0 Å². The highest BCUT2D eigenvalue weighted by molar-refractivity contribution is 6.39. The van der Waals surface area contributed by atoms with Crippen LogP contribution in [0, 0.1) is 0 Å². The third-order valence-corrected chi connectivity index (χ3v) is 2.68. The van der Waals surface area contributed by atoms with Crippen molar-refractivity contribution in [2.24, 2.45) is 5.10 Å². The molecule has 3 N–H and O–H groups in total. The number of carboxylic acids is 1. The van der Waals surface area contributed by atoms with E-state index in [2.05, 4.69) is 15.4 Å². The fraction of sp³-hybridized carbons (Fsp3) is 0. The molecule has 1 aromatic heterocycles. The molecule has 0 atom stereocenters. The van der Waals surface area contributed by atoms with Gasteiger partial charge in [0.05, 0.1) is 17.5 Å². The average molecular weight is 312 g/mol. The summed E-state index contributed by atoms with van der Waals surface area (Å²) < 4.78 is 0. The van der Waals surface area contributed by atoms with Gasteiger partial charge in [0.15, 0.2) is 0 Å². The molecular formula is C15H12N4O4. The number of aromatic nitrogens is 1. The first-order valence-electron chi connectivity index (χ1n) is 6.44. The van der Waals surface area contributed by atoms with Crippen LogP contribution >= 0.6 is 0 Å². The van der Waals surface area contributed by atoms with Crippen LogP contribution in [0.15, 0.2) is 53.9 Å². The number of benzene rings is 1. The Kier molecular flexibility index (Phi) is 5.13. The third-order valence-electron chi connectivity index (χ3n) is 2.68. The van der Waals surface area contributed by atoms with Crippen molar-refractivity contribution in [1.82, 2.24) is 10.4 Å². The summed E-state index contributed by atoms with van der Waals surface area (Å²) in [5.74, 6) is -3.26. The molecule has 0 spiro atoms. The number of carboxylic acid groups (broad SMARTS) is 1. The summed E-state index contributed by atoms with van der Waals surface area (Å²) in [7, 11) is 0. The van der Waals surface area contributed by atoms with Crippen molar-refractivity contribution in [3.63, 3.8) is 0 Å². The second-order valence-electron chi connectivity index (χ2n) is 4.29. The molecule has 1 heterocycles. The Morgan fingerprint density at radius 1 is 1.09 bits per heavy atom.